The first-order chi connectivity index (χ1) is 9.29. The van der Waals surface area contributed by atoms with Crippen LogP contribution >= 0.6 is 39.1 Å². The van der Waals surface area contributed by atoms with E-state index in [0.717, 1.165) is 0 Å². The van der Waals surface area contributed by atoms with Crippen molar-refractivity contribution in [1.29, 1.82) is 0 Å². The summed E-state index contributed by atoms with van der Waals surface area (Å²) in [6.07, 6.45) is 0. The molecule has 0 bridgehead atoms. The highest BCUT2D eigenvalue weighted by Crippen LogP contribution is 2.27. The van der Waals surface area contributed by atoms with Gasteiger partial charge in [-0.2, -0.15) is 0 Å². The van der Waals surface area contributed by atoms with Gasteiger partial charge in [-0.15, -0.1) is 0 Å². The number of aryl methyl sites for hydroxylation is 1. The van der Waals surface area contributed by atoms with E-state index in [4.69, 9.17) is 23.2 Å². The first-order valence-electron chi connectivity index (χ1n) is 5.53. The number of benzene rings is 2. The van der Waals surface area contributed by atoms with Crippen molar-refractivity contribution in [3.63, 3.8) is 0 Å². The zero-order chi connectivity index (χ0) is 14.9. The second-order valence-corrected chi connectivity index (χ2v) is 7.53. The summed E-state index contributed by atoms with van der Waals surface area (Å²) in [6, 6.07) is 9.62. The van der Waals surface area contributed by atoms with Gasteiger partial charge in [-0.25, -0.2) is 8.42 Å². The molecule has 0 aliphatic rings. The Morgan fingerprint density at radius 1 is 1.05 bits per heavy atom. The lowest BCUT2D eigenvalue weighted by atomic mass is 10.2. The van der Waals surface area contributed by atoms with Crippen LogP contribution in [0.25, 0.3) is 0 Å². The Hall–Kier alpha value is -0.750. The minimum atomic E-state index is -3.68. The Morgan fingerprint density at radius 2 is 1.75 bits per heavy atom. The smallest absolute Gasteiger partial charge is 0.262 e. The molecule has 0 heterocycles. The summed E-state index contributed by atoms with van der Waals surface area (Å²) in [5.41, 5.74) is 1.01. The largest absolute Gasteiger partial charge is 0.280 e. The lowest BCUT2D eigenvalue weighted by Crippen LogP contribution is -2.14. The normalized spacial score (nSPS) is 11.4. The van der Waals surface area contributed by atoms with Crippen LogP contribution in [0.3, 0.4) is 0 Å². The van der Waals surface area contributed by atoms with Crippen molar-refractivity contribution in [3.8, 4) is 0 Å². The molecule has 0 amide bonds. The average Bonchev–Trinajstić information content (AvgIpc) is 2.36. The minimum absolute atomic E-state index is 0.206. The molecule has 2 aromatic rings. The first-order valence-corrected chi connectivity index (χ1v) is 8.57. The molecular weight excluding hydrogens is 385 g/mol. The second-order valence-electron chi connectivity index (χ2n) is 4.14. The molecule has 0 aliphatic heterocycles. The zero-order valence-corrected chi connectivity index (χ0v) is 14.2. The van der Waals surface area contributed by atoms with E-state index in [9.17, 15) is 8.42 Å². The minimum Gasteiger partial charge on any atom is -0.280 e. The maximum absolute atomic E-state index is 12.4. The molecule has 106 valence electrons. The van der Waals surface area contributed by atoms with Crippen LogP contribution in [0.5, 0.6) is 0 Å². The van der Waals surface area contributed by atoms with Crippen LogP contribution in [-0.2, 0) is 10.0 Å². The van der Waals surface area contributed by atoms with Gasteiger partial charge in [0.05, 0.1) is 20.6 Å². The molecule has 0 saturated heterocycles. The second kappa shape index (κ2) is 5.93. The quantitative estimate of drug-likeness (QED) is 0.807. The van der Waals surface area contributed by atoms with Gasteiger partial charge in [0, 0.05) is 4.47 Å². The van der Waals surface area contributed by atoms with E-state index in [2.05, 4.69) is 20.7 Å². The number of rotatable bonds is 3. The fourth-order valence-electron chi connectivity index (χ4n) is 1.63. The lowest BCUT2D eigenvalue weighted by molar-refractivity contribution is 0.600. The molecule has 0 fully saturated rings. The summed E-state index contributed by atoms with van der Waals surface area (Å²) in [4.78, 5) is 0.206. The Kier molecular flexibility index (Phi) is 4.64. The van der Waals surface area contributed by atoms with Crippen molar-refractivity contribution >= 4 is 54.8 Å². The highest BCUT2D eigenvalue weighted by atomic mass is 79.9. The number of hydrogen-bond donors (Lipinski definition) is 1. The first kappa shape index (κ1) is 15.6. The molecule has 2 rings (SSSR count). The van der Waals surface area contributed by atoms with Gasteiger partial charge in [0.15, 0.2) is 0 Å². The fraction of sp³-hybridized carbons (Fsp3) is 0.0769. The molecule has 0 aromatic heterocycles. The molecule has 20 heavy (non-hydrogen) atoms. The third-order valence-corrected chi connectivity index (χ3v) is 5.37. The fourth-order valence-corrected chi connectivity index (χ4v) is 3.77. The third-order valence-electron chi connectivity index (χ3n) is 2.61. The summed E-state index contributed by atoms with van der Waals surface area (Å²) in [5.74, 6) is 0. The van der Waals surface area contributed by atoms with E-state index in [1.165, 1.54) is 12.1 Å². The van der Waals surface area contributed by atoms with Gasteiger partial charge < -0.3 is 0 Å². The maximum Gasteiger partial charge on any atom is 0.262 e. The van der Waals surface area contributed by atoms with Crippen LogP contribution in [0.15, 0.2) is 45.8 Å². The summed E-state index contributed by atoms with van der Waals surface area (Å²) >= 11 is 14.9. The van der Waals surface area contributed by atoms with Gasteiger partial charge in [-0.3, -0.25) is 4.72 Å². The van der Waals surface area contributed by atoms with Crippen LogP contribution in [0.2, 0.25) is 10.0 Å². The van der Waals surface area contributed by atoms with Gasteiger partial charge in [-0.1, -0.05) is 45.2 Å². The van der Waals surface area contributed by atoms with Crippen molar-refractivity contribution in [2.45, 2.75) is 11.8 Å². The van der Waals surface area contributed by atoms with Crippen molar-refractivity contribution in [3.05, 3.63) is 56.5 Å². The Balaban J connectivity index is 2.40. The molecule has 7 heteroatoms. The van der Waals surface area contributed by atoms with Crippen molar-refractivity contribution in [2.75, 3.05) is 4.72 Å². The number of hydrogen-bond acceptors (Lipinski definition) is 2. The SMILES string of the molecule is Cc1ccc(Br)cc1S(=O)(=O)Nc1ccc(Cl)c(Cl)c1. The number of sulfonamides is 1. The number of halogens is 3. The Morgan fingerprint density at radius 3 is 2.40 bits per heavy atom. The molecule has 0 radical (unpaired) electrons. The molecule has 0 unspecified atom stereocenters. The van der Waals surface area contributed by atoms with Crippen LogP contribution in [-0.4, -0.2) is 8.42 Å². The monoisotopic (exact) mass is 393 g/mol. The zero-order valence-electron chi connectivity index (χ0n) is 10.3. The molecule has 0 atom stereocenters. The van der Waals surface area contributed by atoms with Crippen LogP contribution < -0.4 is 4.72 Å². The van der Waals surface area contributed by atoms with Crippen molar-refractivity contribution in [2.24, 2.45) is 0 Å². The van der Waals surface area contributed by atoms with Gasteiger partial charge in [0.1, 0.15) is 0 Å². The van der Waals surface area contributed by atoms with Crippen molar-refractivity contribution in [1.82, 2.24) is 0 Å². The maximum atomic E-state index is 12.4. The third kappa shape index (κ3) is 3.47. The highest BCUT2D eigenvalue weighted by molar-refractivity contribution is 9.10. The lowest BCUT2D eigenvalue weighted by Gasteiger charge is -2.11. The van der Waals surface area contributed by atoms with E-state index in [1.807, 2.05) is 0 Å². The van der Waals surface area contributed by atoms with E-state index in [1.54, 1.807) is 31.2 Å². The van der Waals surface area contributed by atoms with Gasteiger partial charge >= 0.3 is 0 Å². The average molecular weight is 395 g/mol. The predicted molar refractivity (Wildman–Crippen MR) is 86.1 cm³/mol. The summed E-state index contributed by atoms with van der Waals surface area (Å²) in [7, 11) is -3.68. The van der Waals surface area contributed by atoms with Crippen molar-refractivity contribution < 1.29 is 8.42 Å². The van der Waals surface area contributed by atoms with Crippen LogP contribution in [0, 0.1) is 6.92 Å². The molecule has 1 N–H and O–H groups in total. The number of anilines is 1. The van der Waals surface area contributed by atoms with Crippen LogP contribution in [0.4, 0.5) is 5.69 Å². The molecule has 2 aromatic carbocycles. The predicted octanol–water partition coefficient (Wildman–Crippen LogP) is 4.87. The van der Waals surface area contributed by atoms with Crippen LogP contribution in [0.1, 0.15) is 5.56 Å². The molecule has 0 saturated carbocycles. The molecule has 3 nitrogen and oxygen atoms in total. The Labute approximate surface area is 136 Å². The number of nitrogens with one attached hydrogen (secondary N) is 1. The standard InChI is InChI=1S/C13H10BrCl2NO2S/c1-8-2-3-9(14)6-13(8)20(18,19)17-10-4-5-11(15)12(16)7-10/h2-7,17H,1H3. The highest BCUT2D eigenvalue weighted by Gasteiger charge is 2.17. The summed E-state index contributed by atoms with van der Waals surface area (Å²) < 4.78 is 27.9. The molecule has 0 aliphatic carbocycles. The van der Waals surface area contributed by atoms with E-state index in [0.29, 0.717) is 20.7 Å². The van der Waals surface area contributed by atoms with Gasteiger partial charge in [0.2, 0.25) is 0 Å². The Bertz CT molecular complexity index is 763. The van der Waals surface area contributed by atoms with Gasteiger partial charge in [0.25, 0.3) is 10.0 Å². The van der Waals surface area contributed by atoms with E-state index >= 15 is 0 Å². The molecule has 0 spiro atoms. The summed E-state index contributed by atoms with van der Waals surface area (Å²) in [5, 5.41) is 0.658. The topological polar surface area (TPSA) is 46.2 Å². The van der Waals surface area contributed by atoms with E-state index in [-0.39, 0.29) is 9.92 Å². The van der Waals surface area contributed by atoms with E-state index < -0.39 is 10.0 Å². The summed E-state index contributed by atoms with van der Waals surface area (Å²) in [6.45, 7) is 1.73. The molecular formula is C13H10BrCl2NO2S. The van der Waals surface area contributed by atoms with Gasteiger partial charge in [-0.05, 0) is 42.8 Å².